The number of allylic oxidation sites excluding steroid dienone is 1. The van der Waals surface area contributed by atoms with Crippen molar-refractivity contribution in [2.24, 2.45) is 10.4 Å². The third kappa shape index (κ3) is 4.61. The molecule has 3 heteroatoms. The summed E-state index contributed by atoms with van der Waals surface area (Å²) in [5.74, 6) is 0. The summed E-state index contributed by atoms with van der Waals surface area (Å²) in [5.41, 5.74) is 7.58. The van der Waals surface area contributed by atoms with Gasteiger partial charge in [-0.1, -0.05) is 65.8 Å². The van der Waals surface area contributed by atoms with Crippen LogP contribution in [0.1, 0.15) is 64.7 Å². The number of aliphatic imine (C=N–C) groups is 1. The number of nitrogens with zero attached hydrogens (tertiary/aromatic N) is 2. The SMILES string of the molecule is CC1(C)c2c[c-]c(-c3ccccn3)cc2C(C)(C)C1(C)C.[Ir].[c-]1ccccc1C1=NCCC=C1. The predicted molar refractivity (Wildman–Crippen MR) is 139 cm³/mol. The summed E-state index contributed by atoms with van der Waals surface area (Å²) >= 11 is 0. The van der Waals surface area contributed by atoms with Crippen molar-refractivity contribution in [2.45, 2.75) is 58.8 Å². The van der Waals surface area contributed by atoms with Crippen LogP contribution in [0.3, 0.4) is 0 Å². The molecule has 1 aromatic heterocycles. The van der Waals surface area contributed by atoms with Gasteiger partial charge in [-0.3, -0.25) is 0 Å². The normalized spacial score (nSPS) is 18.6. The second-order valence-corrected chi connectivity index (χ2v) is 10.5. The maximum atomic E-state index is 4.46. The Hall–Kier alpha value is -2.35. The fourth-order valence-electron chi connectivity index (χ4n) is 4.88. The second-order valence-electron chi connectivity index (χ2n) is 10.5. The summed E-state index contributed by atoms with van der Waals surface area (Å²) in [6.45, 7) is 15.1. The van der Waals surface area contributed by atoms with Gasteiger partial charge in [-0.25, -0.2) is 0 Å². The molecule has 1 aliphatic carbocycles. The van der Waals surface area contributed by atoms with E-state index in [0.29, 0.717) is 0 Å². The number of hydrogen-bond acceptors (Lipinski definition) is 2. The Kier molecular flexibility index (Phi) is 7.80. The van der Waals surface area contributed by atoms with Crippen molar-refractivity contribution < 1.29 is 20.1 Å². The monoisotopic (exact) mass is 627 g/mol. The van der Waals surface area contributed by atoms with Gasteiger partial charge in [-0.15, -0.1) is 70.8 Å². The van der Waals surface area contributed by atoms with Crippen LogP contribution in [0, 0.1) is 17.5 Å². The first-order valence-electron chi connectivity index (χ1n) is 11.8. The van der Waals surface area contributed by atoms with Crippen LogP contribution < -0.4 is 0 Å². The third-order valence-corrected chi connectivity index (χ3v) is 8.20. The van der Waals surface area contributed by atoms with Crippen LogP contribution in [0.25, 0.3) is 11.3 Å². The molecule has 2 nitrogen and oxygen atoms in total. The fraction of sp³-hybridized carbons (Fsp3) is 0.355. The molecule has 0 unspecified atom stereocenters. The van der Waals surface area contributed by atoms with E-state index in [1.807, 2.05) is 42.6 Å². The number of rotatable bonds is 2. The van der Waals surface area contributed by atoms with Crippen LogP contribution in [0.2, 0.25) is 0 Å². The topological polar surface area (TPSA) is 25.2 Å². The molecule has 2 aromatic carbocycles. The van der Waals surface area contributed by atoms with E-state index < -0.39 is 0 Å². The summed E-state index contributed by atoms with van der Waals surface area (Å²) < 4.78 is 0. The number of hydrogen-bond donors (Lipinski definition) is 0. The Morgan fingerprint density at radius 2 is 1.56 bits per heavy atom. The van der Waals surface area contributed by atoms with E-state index in [2.05, 4.69) is 94.0 Å². The summed E-state index contributed by atoms with van der Waals surface area (Å²) in [7, 11) is 0. The zero-order valence-corrected chi connectivity index (χ0v) is 23.5. The first kappa shape index (κ1) is 26.3. The van der Waals surface area contributed by atoms with E-state index >= 15 is 0 Å². The third-order valence-electron chi connectivity index (χ3n) is 8.20. The van der Waals surface area contributed by atoms with Gasteiger partial charge >= 0.3 is 0 Å². The average Bonchev–Trinajstić information content (AvgIpc) is 2.95. The Labute approximate surface area is 219 Å². The van der Waals surface area contributed by atoms with Crippen molar-refractivity contribution >= 4 is 5.71 Å². The smallest absolute Gasteiger partial charge is 0.0323 e. The van der Waals surface area contributed by atoms with Gasteiger partial charge in [0.05, 0.1) is 0 Å². The van der Waals surface area contributed by atoms with E-state index in [4.69, 9.17) is 0 Å². The summed E-state index contributed by atoms with van der Waals surface area (Å²) in [4.78, 5) is 8.86. The quantitative estimate of drug-likeness (QED) is 0.273. The van der Waals surface area contributed by atoms with Crippen LogP contribution in [0.5, 0.6) is 0 Å². The Morgan fingerprint density at radius 1 is 0.824 bits per heavy atom. The molecule has 0 saturated heterocycles. The Morgan fingerprint density at radius 3 is 2.18 bits per heavy atom. The first-order valence-corrected chi connectivity index (χ1v) is 11.8. The molecule has 1 radical (unpaired) electrons. The van der Waals surface area contributed by atoms with Gasteiger partial charge in [-0.2, -0.15) is 0 Å². The molecule has 0 atom stereocenters. The standard InChI is InChI=1S/C20H24N.C11H10N.Ir/c1-18(2)15-11-10-14(17-9-7-8-12-21-17)13-16(15)19(3,4)20(18,5)6;1-2-6-10(7-3-1)11-8-4-5-9-12-11;/h7-9,11-13H,1-6H3;1-4,6,8H,5,9H2;/q2*-1;. The molecule has 0 fully saturated rings. The van der Waals surface area contributed by atoms with Crippen LogP contribution in [0.4, 0.5) is 0 Å². The number of pyridine rings is 1. The Bertz CT molecular complexity index is 1170. The van der Waals surface area contributed by atoms with Crippen LogP contribution in [-0.4, -0.2) is 17.2 Å². The first-order chi connectivity index (χ1) is 15.7. The largest absolute Gasteiger partial charge is 0.333 e. The molecule has 34 heavy (non-hydrogen) atoms. The molecule has 0 amide bonds. The van der Waals surface area contributed by atoms with Crippen molar-refractivity contribution in [3.05, 3.63) is 102 Å². The fourth-order valence-corrected chi connectivity index (χ4v) is 4.88. The van der Waals surface area contributed by atoms with Crippen molar-refractivity contribution in [3.63, 3.8) is 0 Å². The maximum absolute atomic E-state index is 4.46. The zero-order valence-electron chi connectivity index (χ0n) is 21.1. The maximum Gasteiger partial charge on any atom is 0.0323 e. The number of dihydropyridines is 1. The molecule has 0 spiro atoms. The van der Waals surface area contributed by atoms with Crippen LogP contribution >= 0.6 is 0 Å². The molecule has 3 aromatic rings. The van der Waals surface area contributed by atoms with Gasteiger partial charge in [-0.05, 0) is 40.1 Å². The number of fused-ring (bicyclic) bond motifs is 1. The van der Waals surface area contributed by atoms with Gasteiger partial charge < -0.3 is 9.98 Å². The second kappa shape index (κ2) is 10.1. The zero-order chi connectivity index (χ0) is 23.7. The number of aromatic nitrogens is 1. The molecule has 5 rings (SSSR count). The van der Waals surface area contributed by atoms with Gasteiger partial charge in [0.2, 0.25) is 0 Å². The van der Waals surface area contributed by atoms with E-state index in [1.165, 1.54) is 11.1 Å². The molecular weight excluding hydrogens is 593 g/mol. The van der Waals surface area contributed by atoms with Gasteiger partial charge in [0.25, 0.3) is 0 Å². The van der Waals surface area contributed by atoms with Gasteiger partial charge in [0.15, 0.2) is 0 Å². The molecule has 0 N–H and O–H groups in total. The predicted octanol–water partition coefficient (Wildman–Crippen LogP) is 7.38. The van der Waals surface area contributed by atoms with Crippen molar-refractivity contribution in [3.8, 4) is 11.3 Å². The molecule has 0 saturated carbocycles. The minimum atomic E-state index is 0. The molecular formula is C31H34IrN2-2. The molecule has 1 aliphatic heterocycles. The van der Waals surface area contributed by atoms with E-state index in [1.54, 1.807) is 0 Å². The molecule has 0 bridgehead atoms. The average molecular weight is 627 g/mol. The van der Waals surface area contributed by atoms with Crippen molar-refractivity contribution in [1.29, 1.82) is 0 Å². The van der Waals surface area contributed by atoms with Gasteiger partial charge in [0.1, 0.15) is 0 Å². The van der Waals surface area contributed by atoms with E-state index in [9.17, 15) is 0 Å². The Balaban J connectivity index is 0.000000212. The number of benzene rings is 2. The van der Waals surface area contributed by atoms with E-state index in [-0.39, 0.29) is 36.4 Å². The van der Waals surface area contributed by atoms with Gasteiger partial charge in [0, 0.05) is 32.8 Å². The van der Waals surface area contributed by atoms with Crippen molar-refractivity contribution in [1.82, 2.24) is 4.98 Å². The minimum Gasteiger partial charge on any atom is -0.333 e. The summed E-state index contributed by atoms with van der Waals surface area (Å²) in [6.07, 6.45) is 7.13. The molecule has 2 aliphatic rings. The summed E-state index contributed by atoms with van der Waals surface area (Å²) in [5, 5.41) is 0. The van der Waals surface area contributed by atoms with Crippen molar-refractivity contribution in [2.75, 3.05) is 6.54 Å². The summed E-state index contributed by atoms with van der Waals surface area (Å²) in [6, 6.07) is 25.1. The van der Waals surface area contributed by atoms with Crippen LogP contribution in [-0.2, 0) is 30.9 Å². The molecule has 179 valence electrons. The minimum absolute atomic E-state index is 0. The van der Waals surface area contributed by atoms with Crippen LogP contribution in [0.15, 0.2) is 77.9 Å². The van der Waals surface area contributed by atoms with E-state index in [0.717, 1.165) is 35.5 Å². The molecule has 2 heterocycles.